The minimum absolute atomic E-state index is 0.0383. The van der Waals surface area contributed by atoms with Crippen molar-refractivity contribution in [3.8, 4) is 0 Å². The summed E-state index contributed by atoms with van der Waals surface area (Å²) in [6, 6.07) is 10.7. The Morgan fingerprint density at radius 3 is 2.63 bits per heavy atom. The number of benzene rings is 2. The van der Waals surface area contributed by atoms with Crippen LogP contribution in [0.5, 0.6) is 0 Å². The standard InChI is InChI=1S/C19H18ClFN4O2/c1-2-11-3-5-12(6-4-11)23-19-24-16(10-17(26)25-19)18(27)22-13-7-8-14(20)15(21)9-13/h3-9,16H,2,10H2,1H3,(H,22,27)(H2,23,24,25,26)/t16-/m0/s1. The lowest BCUT2D eigenvalue weighted by molar-refractivity contribution is -0.124. The van der Waals surface area contributed by atoms with Crippen LogP contribution in [-0.2, 0) is 16.0 Å². The first-order valence-electron chi connectivity index (χ1n) is 8.44. The summed E-state index contributed by atoms with van der Waals surface area (Å²) in [4.78, 5) is 28.6. The predicted molar refractivity (Wildman–Crippen MR) is 103 cm³/mol. The zero-order valence-electron chi connectivity index (χ0n) is 14.6. The van der Waals surface area contributed by atoms with Crippen molar-refractivity contribution in [3.63, 3.8) is 0 Å². The van der Waals surface area contributed by atoms with Gasteiger partial charge in [-0.2, -0.15) is 0 Å². The number of nitrogens with zero attached hydrogens (tertiary/aromatic N) is 1. The Morgan fingerprint density at radius 1 is 1.26 bits per heavy atom. The minimum Gasteiger partial charge on any atom is -0.326 e. The Kier molecular flexibility index (Phi) is 5.71. The average molecular weight is 389 g/mol. The van der Waals surface area contributed by atoms with Gasteiger partial charge in [-0.15, -0.1) is 0 Å². The molecule has 1 heterocycles. The molecule has 1 aliphatic heterocycles. The molecular weight excluding hydrogens is 371 g/mol. The van der Waals surface area contributed by atoms with Gasteiger partial charge in [0.1, 0.15) is 11.9 Å². The summed E-state index contributed by atoms with van der Waals surface area (Å²) in [6.07, 6.45) is 0.827. The van der Waals surface area contributed by atoms with Gasteiger partial charge >= 0.3 is 0 Å². The fraction of sp³-hybridized carbons (Fsp3) is 0.211. The number of halogens is 2. The third-order valence-corrected chi connectivity index (χ3v) is 4.34. The van der Waals surface area contributed by atoms with Gasteiger partial charge in [0.25, 0.3) is 0 Å². The van der Waals surface area contributed by atoms with Gasteiger partial charge in [0.05, 0.1) is 11.4 Å². The Labute approximate surface area is 160 Å². The smallest absolute Gasteiger partial charge is 0.249 e. The van der Waals surface area contributed by atoms with Crippen molar-refractivity contribution in [1.29, 1.82) is 0 Å². The monoisotopic (exact) mass is 388 g/mol. The van der Waals surface area contributed by atoms with Crippen LogP contribution in [0.4, 0.5) is 15.8 Å². The van der Waals surface area contributed by atoms with E-state index in [0.29, 0.717) is 0 Å². The van der Waals surface area contributed by atoms with Gasteiger partial charge in [-0.1, -0.05) is 30.7 Å². The van der Waals surface area contributed by atoms with Crippen molar-refractivity contribution >= 4 is 40.7 Å². The number of aliphatic imine (C=N–C) groups is 1. The SMILES string of the molecule is CCc1ccc(NC2=N[C@H](C(=O)Nc3ccc(Cl)c(F)c3)CC(=O)N2)cc1. The van der Waals surface area contributed by atoms with Gasteiger partial charge in [-0.25, -0.2) is 9.38 Å². The lowest BCUT2D eigenvalue weighted by Crippen LogP contribution is -2.45. The summed E-state index contributed by atoms with van der Waals surface area (Å²) < 4.78 is 13.5. The zero-order valence-corrected chi connectivity index (χ0v) is 15.3. The summed E-state index contributed by atoms with van der Waals surface area (Å²) in [6.45, 7) is 2.06. The number of anilines is 2. The van der Waals surface area contributed by atoms with E-state index >= 15 is 0 Å². The third-order valence-electron chi connectivity index (χ3n) is 4.04. The fourth-order valence-corrected chi connectivity index (χ4v) is 2.68. The molecule has 0 saturated carbocycles. The number of carbonyl (C=O) groups excluding carboxylic acids is 2. The predicted octanol–water partition coefficient (Wildman–Crippen LogP) is 3.34. The molecule has 0 bridgehead atoms. The van der Waals surface area contributed by atoms with Crippen LogP contribution in [0.1, 0.15) is 18.9 Å². The molecule has 0 spiro atoms. The molecule has 0 unspecified atom stereocenters. The number of hydrogen-bond acceptors (Lipinski definition) is 4. The Morgan fingerprint density at radius 2 is 1.96 bits per heavy atom. The first-order chi connectivity index (χ1) is 12.9. The van der Waals surface area contributed by atoms with Gasteiger partial charge in [0.2, 0.25) is 17.8 Å². The van der Waals surface area contributed by atoms with E-state index in [1.54, 1.807) is 0 Å². The van der Waals surface area contributed by atoms with E-state index < -0.39 is 17.8 Å². The van der Waals surface area contributed by atoms with Gasteiger partial charge in [-0.05, 0) is 42.3 Å². The topological polar surface area (TPSA) is 82.6 Å². The molecule has 140 valence electrons. The number of carbonyl (C=O) groups is 2. The molecule has 0 aliphatic carbocycles. The van der Waals surface area contributed by atoms with E-state index in [1.807, 2.05) is 24.3 Å². The molecule has 0 saturated heterocycles. The molecule has 0 radical (unpaired) electrons. The van der Waals surface area contributed by atoms with Gasteiger partial charge < -0.3 is 10.6 Å². The second-order valence-electron chi connectivity index (χ2n) is 6.04. The van der Waals surface area contributed by atoms with Crippen LogP contribution in [0, 0.1) is 5.82 Å². The largest absolute Gasteiger partial charge is 0.326 e. The van der Waals surface area contributed by atoms with Crippen molar-refractivity contribution in [2.24, 2.45) is 4.99 Å². The van der Waals surface area contributed by atoms with E-state index in [9.17, 15) is 14.0 Å². The summed E-state index contributed by atoms with van der Waals surface area (Å²) in [5, 5.41) is 8.10. The number of nitrogens with one attached hydrogen (secondary N) is 3. The zero-order chi connectivity index (χ0) is 19.4. The number of amides is 2. The molecular formula is C19H18ClFN4O2. The Balaban J connectivity index is 1.71. The van der Waals surface area contributed by atoms with E-state index in [2.05, 4.69) is 27.9 Å². The molecule has 6 nitrogen and oxygen atoms in total. The highest BCUT2D eigenvalue weighted by Gasteiger charge is 2.27. The molecule has 1 atom stereocenters. The number of rotatable bonds is 4. The molecule has 2 amide bonds. The average Bonchev–Trinajstić information content (AvgIpc) is 2.65. The van der Waals surface area contributed by atoms with E-state index in [-0.39, 0.29) is 29.0 Å². The lowest BCUT2D eigenvalue weighted by Gasteiger charge is -2.21. The van der Waals surface area contributed by atoms with Crippen molar-refractivity contribution in [1.82, 2.24) is 5.32 Å². The molecule has 1 aliphatic rings. The molecule has 3 N–H and O–H groups in total. The van der Waals surface area contributed by atoms with E-state index in [4.69, 9.17) is 11.6 Å². The molecule has 0 aromatic heterocycles. The summed E-state index contributed by atoms with van der Waals surface area (Å²) in [5.41, 5.74) is 2.17. The second kappa shape index (κ2) is 8.18. The fourth-order valence-electron chi connectivity index (χ4n) is 2.57. The summed E-state index contributed by atoms with van der Waals surface area (Å²) in [7, 11) is 0. The number of guanidine groups is 1. The molecule has 8 heteroatoms. The Bertz CT molecular complexity index is 899. The highest BCUT2D eigenvalue weighted by Crippen LogP contribution is 2.19. The maximum Gasteiger partial charge on any atom is 0.249 e. The maximum absolute atomic E-state index is 13.5. The third kappa shape index (κ3) is 4.83. The minimum atomic E-state index is -0.921. The molecule has 2 aromatic carbocycles. The van der Waals surface area contributed by atoms with Gasteiger partial charge in [0.15, 0.2) is 0 Å². The van der Waals surface area contributed by atoms with Crippen LogP contribution in [0.2, 0.25) is 5.02 Å². The first kappa shape index (κ1) is 18.8. The molecule has 0 fully saturated rings. The van der Waals surface area contributed by atoms with Crippen molar-refractivity contribution in [2.45, 2.75) is 25.8 Å². The van der Waals surface area contributed by atoms with Crippen LogP contribution in [-0.4, -0.2) is 23.8 Å². The maximum atomic E-state index is 13.5. The van der Waals surface area contributed by atoms with Crippen LogP contribution in [0.3, 0.4) is 0 Å². The molecule has 3 rings (SSSR count). The normalized spacial score (nSPS) is 16.3. The first-order valence-corrected chi connectivity index (χ1v) is 8.82. The number of aryl methyl sites for hydroxylation is 1. The highest BCUT2D eigenvalue weighted by atomic mass is 35.5. The van der Waals surface area contributed by atoms with Crippen LogP contribution in [0.15, 0.2) is 47.5 Å². The van der Waals surface area contributed by atoms with E-state index in [0.717, 1.165) is 18.2 Å². The van der Waals surface area contributed by atoms with Gasteiger partial charge in [0, 0.05) is 11.4 Å². The van der Waals surface area contributed by atoms with Crippen molar-refractivity contribution in [3.05, 3.63) is 58.9 Å². The second-order valence-corrected chi connectivity index (χ2v) is 6.45. The van der Waals surface area contributed by atoms with Crippen LogP contribution in [0.25, 0.3) is 0 Å². The number of hydrogen-bond donors (Lipinski definition) is 3. The summed E-state index contributed by atoms with van der Waals surface area (Å²) >= 11 is 5.63. The summed E-state index contributed by atoms with van der Waals surface area (Å²) in [5.74, 6) is -1.29. The van der Waals surface area contributed by atoms with Crippen LogP contribution < -0.4 is 16.0 Å². The quantitative estimate of drug-likeness (QED) is 0.751. The lowest BCUT2D eigenvalue weighted by atomic mass is 10.1. The molecule has 2 aromatic rings. The van der Waals surface area contributed by atoms with E-state index in [1.165, 1.54) is 17.7 Å². The molecule has 27 heavy (non-hydrogen) atoms. The Hall–Kier alpha value is -2.93. The van der Waals surface area contributed by atoms with Crippen molar-refractivity contribution in [2.75, 3.05) is 10.6 Å². The van der Waals surface area contributed by atoms with Crippen molar-refractivity contribution < 1.29 is 14.0 Å². The highest BCUT2D eigenvalue weighted by molar-refractivity contribution is 6.30. The van der Waals surface area contributed by atoms with Crippen LogP contribution >= 0.6 is 11.6 Å². The van der Waals surface area contributed by atoms with Gasteiger partial charge in [-0.3, -0.25) is 14.9 Å².